The molecule has 9 heteroatoms. The van der Waals surface area contributed by atoms with Crippen molar-refractivity contribution in [3.05, 3.63) is 63.7 Å². The van der Waals surface area contributed by atoms with Gasteiger partial charge in [-0.05, 0) is 53.5 Å². The number of aromatic nitrogens is 3. The molecule has 1 unspecified atom stereocenters. The number of nitrogens with one attached hydrogen (secondary N) is 1. The predicted molar refractivity (Wildman–Crippen MR) is 118 cm³/mol. The van der Waals surface area contributed by atoms with E-state index in [1.165, 1.54) is 3.97 Å². The van der Waals surface area contributed by atoms with Crippen molar-refractivity contribution in [2.24, 2.45) is 0 Å². The maximum atomic E-state index is 13.3. The Balaban J connectivity index is 1.68. The van der Waals surface area contributed by atoms with Crippen LogP contribution in [0.15, 0.2) is 63.5 Å². The van der Waals surface area contributed by atoms with Crippen LogP contribution in [0, 0.1) is 0 Å². The average molecular weight is 489 g/mol. The van der Waals surface area contributed by atoms with Crippen molar-refractivity contribution in [1.29, 1.82) is 0 Å². The van der Waals surface area contributed by atoms with Gasteiger partial charge in [0.15, 0.2) is 5.65 Å². The number of thiazole rings is 1. The summed E-state index contributed by atoms with van der Waals surface area (Å²) in [6.07, 6.45) is 5.46. The zero-order valence-corrected chi connectivity index (χ0v) is 18.5. The zero-order chi connectivity index (χ0) is 20.0. The Labute approximate surface area is 180 Å². The van der Waals surface area contributed by atoms with Crippen LogP contribution in [0.25, 0.3) is 22.3 Å². The standard InChI is InChI=1S/C20H17BrN4O2S2/c21-13-9-15-16(18-12-28-20(24-18)17-7-4-8-22-17)11-25(19(15)23-10-13)29(26,27)14-5-2-1-3-6-14/h1-3,5-6,9-12,17,22H,4,7-8H2. The highest BCUT2D eigenvalue weighted by molar-refractivity contribution is 9.10. The highest BCUT2D eigenvalue weighted by atomic mass is 79.9. The molecule has 0 spiro atoms. The van der Waals surface area contributed by atoms with E-state index < -0.39 is 10.0 Å². The SMILES string of the molecule is O=S(=O)(c1ccccc1)n1cc(-c2csc(C3CCCN3)n2)c2cc(Br)cnc21. The van der Waals surface area contributed by atoms with Crippen LogP contribution < -0.4 is 5.32 Å². The molecule has 0 aliphatic carbocycles. The van der Waals surface area contributed by atoms with Crippen LogP contribution in [0.4, 0.5) is 0 Å². The van der Waals surface area contributed by atoms with Crippen LogP contribution in [0.2, 0.25) is 0 Å². The fourth-order valence-electron chi connectivity index (χ4n) is 3.61. The summed E-state index contributed by atoms with van der Waals surface area (Å²) in [5.41, 5.74) is 1.92. The molecule has 4 aromatic rings. The van der Waals surface area contributed by atoms with Crippen molar-refractivity contribution >= 4 is 48.3 Å². The topological polar surface area (TPSA) is 76.9 Å². The smallest absolute Gasteiger partial charge is 0.269 e. The van der Waals surface area contributed by atoms with Crippen LogP contribution in [-0.2, 0) is 10.0 Å². The monoisotopic (exact) mass is 488 g/mol. The van der Waals surface area contributed by atoms with Crippen molar-refractivity contribution in [3.63, 3.8) is 0 Å². The molecule has 0 bridgehead atoms. The second-order valence-electron chi connectivity index (χ2n) is 6.90. The van der Waals surface area contributed by atoms with E-state index in [0.717, 1.165) is 45.5 Å². The Morgan fingerprint density at radius 3 is 2.83 bits per heavy atom. The third-order valence-corrected chi connectivity index (χ3v) is 8.09. The number of pyridine rings is 1. The van der Waals surface area contributed by atoms with Gasteiger partial charge in [-0.3, -0.25) is 0 Å². The van der Waals surface area contributed by atoms with E-state index in [2.05, 4.69) is 26.2 Å². The summed E-state index contributed by atoms with van der Waals surface area (Å²) >= 11 is 5.06. The fraction of sp³-hybridized carbons (Fsp3) is 0.200. The second kappa shape index (κ2) is 7.32. The van der Waals surface area contributed by atoms with Gasteiger partial charge in [-0.15, -0.1) is 11.3 Å². The van der Waals surface area contributed by atoms with E-state index in [0.29, 0.717) is 5.65 Å². The van der Waals surface area contributed by atoms with Gasteiger partial charge >= 0.3 is 0 Å². The van der Waals surface area contributed by atoms with Crippen LogP contribution >= 0.6 is 27.3 Å². The first kappa shape index (κ1) is 18.9. The number of nitrogens with zero attached hydrogens (tertiary/aromatic N) is 3. The molecule has 6 nitrogen and oxygen atoms in total. The first-order valence-corrected chi connectivity index (χ1v) is 12.3. The van der Waals surface area contributed by atoms with Gasteiger partial charge in [0.2, 0.25) is 0 Å². The Hall–Kier alpha value is -2.07. The largest absolute Gasteiger partial charge is 0.308 e. The maximum absolute atomic E-state index is 13.3. The van der Waals surface area contributed by atoms with E-state index in [9.17, 15) is 8.42 Å². The molecule has 5 rings (SSSR count). The molecule has 1 N–H and O–H groups in total. The minimum atomic E-state index is -3.77. The lowest BCUT2D eigenvalue weighted by atomic mass is 10.2. The molecule has 1 fully saturated rings. The predicted octanol–water partition coefficient (Wildman–Crippen LogP) is 4.58. The van der Waals surface area contributed by atoms with Crippen LogP contribution in [0.3, 0.4) is 0 Å². The molecule has 1 aliphatic rings. The minimum absolute atomic E-state index is 0.224. The molecule has 1 atom stereocenters. The molecule has 148 valence electrons. The summed E-state index contributed by atoms with van der Waals surface area (Å²) in [6, 6.07) is 10.6. The van der Waals surface area contributed by atoms with E-state index >= 15 is 0 Å². The van der Waals surface area contributed by atoms with Gasteiger partial charge in [-0.25, -0.2) is 22.4 Å². The molecule has 0 amide bonds. The summed E-state index contributed by atoms with van der Waals surface area (Å²) < 4.78 is 28.6. The molecule has 4 heterocycles. The Morgan fingerprint density at radius 1 is 1.24 bits per heavy atom. The van der Waals surface area contributed by atoms with Crippen LogP contribution in [0.1, 0.15) is 23.9 Å². The van der Waals surface area contributed by atoms with Gasteiger partial charge < -0.3 is 5.32 Å². The quantitative estimate of drug-likeness (QED) is 0.454. The summed E-state index contributed by atoms with van der Waals surface area (Å²) in [5, 5.41) is 7.23. The number of benzene rings is 1. The Bertz CT molecular complexity index is 1290. The number of halogens is 1. The van der Waals surface area contributed by atoms with Gasteiger partial charge in [0, 0.05) is 33.2 Å². The van der Waals surface area contributed by atoms with Gasteiger partial charge in [-0.2, -0.15) is 0 Å². The maximum Gasteiger partial charge on any atom is 0.269 e. The number of hydrogen-bond donors (Lipinski definition) is 1. The van der Waals surface area contributed by atoms with Crippen molar-refractivity contribution < 1.29 is 8.42 Å². The molecule has 3 aromatic heterocycles. The summed E-state index contributed by atoms with van der Waals surface area (Å²) in [7, 11) is -3.77. The normalized spacial score (nSPS) is 17.2. The first-order chi connectivity index (χ1) is 14.0. The second-order valence-corrected chi connectivity index (χ2v) is 10.5. The number of rotatable bonds is 4. The molecule has 1 aromatic carbocycles. The molecule has 0 radical (unpaired) electrons. The summed E-state index contributed by atoms with van der Waals surface area (Å²) in [5.74, 6) is 0. The van der Waals surface area contributed by atoms with Gasteiger partial charge in [0.25, 0.3) is 10.0 Å². The highest BCUT2D eigenvalue weighted by Crippen LogP contribution is 2.36. The van der Waals surface area contributed by atoms with Gasteiger partial charge in [0.1, 0.15) is 5.01 Å². The average Bonchev–Trinajstić information content (AvgIpc) is 3.47. The third-order valence-electron chi connectivity index (χ3n) is 5.03. The van der Waals surface area contributed by atoms with Gasteiger partial charge in [0.05, 0.1) is 16.6 Å². The van der Waals surface area contributed by atoms with E-state index in [1.807, 2.05) is 11.4 Å². The van der Waals surface area contributed by atoms with Crippen LogP contribution in [-0.4, -0.2) is 28.9 Å². The molecular formula is C20H17BrN4O2S2. The Kier molecular flexibility index (Phi) is 4.78. The van der Waals surface area contributed by atoms with Crippen molar-refractivity contribution in [2.75, 3.05) is 6.54 Å². The number of fused-ring (bicyclic) bond motifs is 1. The summed E-state index contributed by atoms with van der Waals surface area (Å²) in [6.45, 7) is 1.01. The molecule has 0 saturated carbocycles. The van der Waals surface area contributed by atoms with Gasteiger partial charge in [-0.1, -0.05) is 18.2 Å². The molecule has 1 saturated heterocycles. The molecular weight excluding hydrogens is 472 g/mol. The summed E-state index contributed by atoms with van der Waals surface area (Å²) in [4.78, 5) is 9.44. The zero-order valence-electron chi connectivity index (χ0n) is 15.2. The first-order valence-electron chi connectivity index (χ1n) is 9.20. The third kappa shape index (κ3) is 3.31. The van der Waals surface area contributed by atoms with Crippen molar-refractivity contribution in [2.45, 2.75) is 23.8 Å². The van der Waals surface area contributed by atoms with E-state index in [1.54, 1.807) is 54.1 Å². The Morgan fingerprint density at radius 2 is 2.07 bits per heavy atom. The lowest BCUT2D eigenvalue weighted by Gasteiger charge is -2.06. The van der Waals surface area contributed by atoms with E-state index in [-0.39, 0.29) is 10.9 Å². The fourth-order valence-corrected chi connectivity index (χ4v) is 6.22. The molecule has 1 aliphatic heterocycles. The highest BCUT2D eigenvalue weighted by Gasteiger charge is 2.25. The van der Waals surface area contributed by atoms with Crippen molar-refractivity contribution in [1.82, 2.24) is 19.3 Å². The lowest BCUT2D eigenvalue weighted by molar-refractivity contribution is 0.589. The van der Waals surface area contributed by atoms with E-state index in [4.69, 9.17) is 4.98 Å². The number of hydrogen-bond acceptors (Lipinski definition) is 6. The lowest BCUT2D eigenvalue weighted by Crippen LogP contribution is -2.12. The van der Waals surface area contributed by atoms with Crippen LogP contribution in [0.5, 0.6) is 0 Å². The van der Waals surface area contributed by atoms with Crippen molar-refractivity contribution in [3.8, 4) is 11.3 Å². The molecule has 29 heavy (non-hydrogen) atoms. The minimum Gasteiger partial charge on any atom is -0.308 e.